The summed E-state index contributed by atoms with van der Waals surface area (Å²) < 4.78 is 0. The molecule has 2 heterocycles. The molecule has 6 nitrogen and oxygen atoms in total. The number of nitrogens with zero attached hydrogens (tertiary/aromatic N) is 3. The van der Waals surface area contributed by atoms with Crippen LogP contribution in [-0.4, -0.2) is 26.0 Å². The predicted molar refractivity (Wildman–Crippen MR) is 61.2 cm³/mol. The summed E-state index contributed by atoms with van der Waals surface area (Å²) in [7, 11) is 0. The highest BCUT2D eigenvalue weighted by atomic mass is 16.4. The summed E-state index contributed by atoms with van der Waals surface area (Å²) >= 11 is 0. The number of rotatable bonds is 3. The summed E-state index contributed by atoms with van der Waals surface area (Å²) in [5.41, 5.74) is 1.32. The van der Waals surface area contributed by atoms with Crippen molar-refractivity contribution in [1.29, 1.82) is 0 Å². The van der Waals surface area contributed by atoms with Gasteiger partial charge in [-0.3, -0.25) is 4.98 Å². The number of anilines is 2. The summed E-state index contributed by atoms with van der Waals surface area (Å²) in [5.74, 6) is -0.670. The molecule has 2 N–H and O–H groups in total. The molecule has 0 radical (unpaired) electrons. The molecule has 0 aliphatic heterocycles. The highest BCUT2D eigenvalue weighted by Gasteiger charge is 2.09. The molecule has 2 aromatic heterocycles. The monoisotopic (exact) mass is 230 g/mol. The molecular weight excluding hydrogens is 220 g/mol. The van der Waals surface area contributed by atoms with Gasteiger partial charge >= 0.3 is 5.97 Å². The third-order valence-electron chi connectivity index (χ3n) is 2.15. The van der Waals surface area contributed by atoms with Crippen molar-refractivity contribution in [3.63, 3.8) is 0 Å². The smallest absolute Gasteiger partial charge is 0.339 e. The first kappa shape index (κ1) is 11.0. The Morgan fingerprint density at radius 1 is 1.35 bits per heavy atom. The van der Waals surface area contributed by atoms with Gasteiger partial charge in [0.15, 0.2) is 0 Å². The molecule has 0 saturated carbocycles. The molecule has 0 aromatic carbocycles. The van der Waals surface area contributed by atoms with Gasteiger partial charge in [-0.1, -0.05) is 0 Å². The number of carboxylic acids is 1. The Morgan fingerprint density at radius 3 is 2.65 bits per heavy atom. The Hall–Kier alpha value is -2.50. The molecule has 86 valence electrons. The maximum Gasteiger partial charge on any atom is 0.339 e. The van der Waals surface area contributed by atoms with Crippen LogP contribution in [-0.2, 0) is 0 Å². The molecule has 0 aliphatic carbocycles. The van der Waals surface area contributed by atoms with Crippen molar-refractivity contribution in [2.75, 3.05) is 5.32 Å². The van der Waals surface area contributed by atoms with Crippen molar-refractivity contribution in [3.8, 4) is 0 Å². The van der Waals surface area contributed by atoms with E-state index in [4.69, 9.17) is 5.11 Å². The fraction of sp³-hybridized carbons (Fsp3) is 0.0909. The normalized spacial score (nSPS) is 9.94. The number of nitrogens with one attached hydrogen (secondary N) is 1. The minimum atomic E-state index is -1.03. The van der Waals surface area contributed by atoms with Gasteiger partial charge in [0.25, 0.3) is 0 Å². The van der Waals surface area contributed by atoms with Gasteiger partial charge in [-0.15, -0.1) is 0 Å². The third kappa shape index (κ3) is 2.54. The molecule has 2 aromatic rings. The lowest BCUT2D eigenvalue weighted by Crippen LogP contribution is -2.06. The zero-order valence-electron chi connectivity index (χ0n) is 9.08. The van der Waals surface area contributed by atoms with Crippen LogP contribution in [0.1, 0.15) is 16.1 Å². The van der Waals surface area contributed by atoms with Gasteiger partial charge in [0.2, 0.25) is 5.95 Å². The van der Waals surface area contributed by atoms with E-state index in [-0.39, 0.29) is 5.56 Å². The van der Waals surface area contributed by atoms with Crippen molar-refractivity contribution >= 4 is 17.6 Å². The molecular formula is C11H10N4O2. The number of hydrogen-bond acceptors (Lipinski definition) is 5. The molecule has 2 rings (SSSR count). The van der Waals surface area contributed by atoms with Crippen LogP contribution in [0.5, 0.6) is 0 Å². The van der Waals surface area contributed by atoms with Crippen LogP contribution in [0.2, 0.25) is 0 Å². The molecule has 0 saturated heterocycles. The summed E-state index contributed by atoms with van der Waals surface area (Å²) in [6.45, 7) is 1.63. The first-order valence-electron chi connectivity index (χ1n) is 4.91. The predicted octanol–water partition coefficient (Wildman–Crippen LogP) is 1.62. The standard InChI is InChI=1S/C11H10N4O2/c1-7-9(10(16)17)6-13-11(14-7)15-8-2-4-12-5-3-8/h2-6H,1H3,(H,16,17)(H,12,13,14,15). The Bertz CT molecular complexity index is 542. The number of hydrogen-bond donors (Lipinski definition) is 2. The van der Waals surface area contributed by atoms with E-state index >= 15 is 0 Å². The van der Waals surface area contributed by atoms with E-state index in [1.54, 1.807) is 31.5 Å². The fourth-order valence-corrected chi connectivity index (χ4v) is 1.30. The fourth-order valence-electron chi connectivity index (χ4n) is 1.30. The average Bonchev–Trinajstić information content (AvgIpc) is 2.30. The van der Waals surface area contributed by atoms with Crippen LogP contribution in [0.3, 0.4) is 0 Å². The van der Waals surface area contributed by atoms with E-state index in [0.29, 0.717) is 11.6 Å². The van der Waals surface area contributed by atoms with E-state index in [0.717, 1.165) is 5.69 Å². The summed E-state index contributed by atoms with van der Waals surface area (Å²) in [6.07, 6.45) is 4.57. The van der Waals surface area contributed by atoms with E-state index in [9.17, 15) is 4.79 Å². The zero-order valence-corrected chi connectivity index (χ0v) is 9.08. The van der Waals surface area contributed by atoms with Crippen LogP contribution in [0, 0.1) is 6.92 Å². The van der Waals surface area contributed by atoms with Gasteiger partial charge in [-0.05, 0) is 19.1 Å². The summed E-state index contributed by atoms with van der Waals surface area (Å²) in [5, 5.41) is 11.8. The van der Waals surface area contributed by atoms with Crippen molar-refractivity contribution in [1.82, 2.24) is 15.0 Å². The van der Waals surface area contributed by atoms with E-state index in [2.05, 4.69) is 20.3 Å². The van der Waals surface area contributed by atoms with Crippen molar-refractivity contribution in [2.45, 2.75) is 6.92 Å². The van der Waals surface area contributed by atoms with Gasteiger partial charge in [0.05, 0.1) is 11.3 Å². The number of carboxylic acid groups (broad SMARTS) is 1. The largest absolute Gasteiger partial charge is 0.478 e. The van der Waals surface area contributed by atoms with E-state index in [1.165, 1.54) is 6.20 Å². The van der Waals surface area contributed by atoms with Crippen LogP contribution in [0.15, 0.2) is 30.7 Å². The highest BCUT2D eigenvalue weighted by Crippen LogP contribution is 2.12. The lowest BCUT2D eigenvalue weighted by Gasteiger charge is -2.05. The first-order valence-corrected chi connectivity index (χ1v) is 4.91. The third-order valence-corrected chi connectivity index (χ3v) is 2.15. The Kier molecular flexibility index (Phi) is 2.95. The van der Waals surface area contributed by atoms with Gasteiger partial charge in [0.1, 0.15) is 0 Å². The molecule has 0 fully saturated rings. The van der Waals surface area contributed by atoms with Crippen LogP contribution in [0.4, 0.5) is 11.6 Å². The molecule has 0 unspecified atom stereocenters. The minimum Gasteiger partial charge on any atom is -0.478 e. The van der Waals surface area contributed by atoms with E-state index in [1.807, 2.05) is 0 Å². The topological polar surface area (TPSA) is 88.0 Å². The van der Waals surface area contributed by atoms with Crippen molar-refractivity contribution < 1.29 is 9.90 Å². The zero-order chi connectivity index (χ0) is 12.3. The van der Waals surface area contributed by atoms with Gasteiger partial charge < -0.3 is 10.4 Å². The first-order chi connectivity index (χ1) is 8.16. The van der Waals surface area contributed by atoms with Gasteiger partial charge in [0, 0.05) is 24.3 Å². The Morgan fingerprint density at radius 2 is 2.06 bits per heavy atom. The maximum atomic E-state index is 10.8. The van der Waals surface area contributed by atoms with E-state index < -0.39 is 5.97 Å². The second kappa shape index (κ2) is 4.56. The molecule has 0 atom stereocenters. The highest BCUT2D eigenvalue weighted by molar-refractivity contribution is 5.88. The van der Waals surface area contributed by atoms with Gasteiger partial charge in [-0.2, -0.15) is 0 Å². The molecule has 0 amide bonds. The molecule has 0 spiro atoms. The lowest BCUT2D eigenvalue weighted by molar-refractivity contribution is 0.0695. The molecule has 0 bridgehead atoms. The summed E-state index contributed by atoms with van der Waals surface area (Å²) in [6, 6.07) is 3.54. The van der Waals surface area contributed by atoms with Crippen LogP contribution in [0.25, 0.3) is 0 Å². The number of aromatic nitrogens is 3. The molecule has 0 aliphatic rings. The minimum absolute atomic E-state index is 0.102. The molecule has 17 heavy (non-hydrogen) atoms. The Labute approximate surface area is 97.4 Å². The van der Waals surface area contributed by atoms with Crippen LogP contribution < -0.4 is 5.32 Å². The van der Waals surface area contributed by atoms with Gasteiger partial charge in [-0.25, -0.2) is 14.8 Å². The number of carbonyl (C=O) groups is 1. The molecule has 6 heteroatoms. The SMILES string of the molecule is Cc1nc(Nc2ccncc2)ncc1C(=O)O. The summed E-state index contributed by atoms with van der Waals surface area (Å²) in [4.78, 5) is 22.7. The number of aryl methyl sites for hydroxylation is 1. The maximum absolute atomic E-state index is 10.8. The quantitative estimate of drug-likeness (QED) is 0.833. The van der Waals surface area contributed by atoms with Crippen molar-refractivity contribution in [3.05, 3.63) is 42.0 Å². The second-order valence-electron chi connectivity index (χ2n) is 3.36. The second-order valence-corrected chi connectivity index (χ2v) is 3.36. The van der Waals surface area contributed by atoms with Crippen molar-refractivity contribution in [2.24, 2.45) is 0 Å². The number of pyridine rings is 1. The number of aromatic carboxylic acids is 1. The Balaban J connectivity index is 2.24. The average molecular weight is 230 g/mol. The lowest BCUT2D eigenvalue weighted by atomic mass is 10.2. The van der Waals surface area contributed by atoms with Crippen LogP contribution >= 0.6 is 0 Å².